The highest BCUT2D eigenvalue weighted by Crippen LogP contribution is 2.32. The third-order valence-corrected chi connectivity index (χ3v) is 4.96. The molecule has 0 aliphatic heterocycles. The van der Waals surface area contributed by atoms with Gasteiger partial charge < -0.3 is 4.74 Å². The molecule has 0 fully saturated rings. The summed E-state index contributed by atoms with van der Waals surface area (Å²) in [4.78, 5) is 4.58. The van der Waals surface area contributed by atoms with Crippen LogP contribution in [0.2, 0.25) is 0 Å². The summed E-state index contributed by atoms with van der Waals surface area (Å²) in [5.41, 5.74) is 5.93. The van der Waals surface area contributed by atoms with Crippen molar-refractivity contribution in [2.75, 3.05) is 0 Å². The predicted molar refractivity (Wildman–Crippen MR) is 116 cm³/mol. The molecule has 6 heteroatoms. The molecule has 0 atom stereocenters. The van der Waals surface area contributed by atoms with E-state index >= 15 is 0 Å². The molecule has 0 unspecified atom stereocenters. The number of H-pyrrole nitrogens is 1. The normalized spacial score (nSPS) is 11.0. The molecule has 0 bridgehead atoms. The maximum Gasteiger partial charge on any atom is 0.205 e. The lowest BCUT2D eigenvalue weighted by atomic mass is 9.97. The minimum atomic E-state index is 0.424. The lowest BCUT2D eigenvalue weighted by molar-refractivity contribution is 0.309. The van der Waals surface area contributed by atoms with Gasteiger partial charge in [-0.3, -0.25) is 4.98 Å². The van der Waals surface area contributed by atoms with Crippen molar-refractivity contribution in [3.05, 3.63) is 90.1 Å². The number of fused-ring (bicyclic) bond motifs is 1. The molecular formula is C24H19N5O. The van der Waals surface area contributed by atoms with Gasteiger partial charge in [-0.2, -0.15) is 5.21 Å². The molecule has 0 saturated carbocycles. The number of aryl methyl sites for hydroxylation is 1. The van der Waals surface area contributed by atoms with Gasteiger partial charge in [0.05, 0.1) is 5.52 Å². The highest BCUT2D eigenvalue weighted by molar-refractivity contribution is 5.85. The number of benzene rings is 3. The van der Waals surface area contributed by atoms with Crippen LogP contribution in [-0.2, 0) is 6.61 Å². The highest BCUT2D eigenvalue weighted by atomic mass is 16.5. The summed E-state index contributed by atoms with van der Waals surface area (Å²) < 4.78 is 6.20. The molecule has 0 radical (unpaired) electrons. The third kappa shape index (κ3) is 3.51. The van der Waals surface area contributed by atoms with E-state index in [0.717, 1.165) is 44.6 Å². The average molecular weight is 393 g/mol. The van der Waals surface area contributed by atoms with E-state index in [2.05, 4.69) is 55.9 Å². The zero-order chi connectivity index (χ0) is 20.3. The van der Waals surface area contributed by atoms with Crippen molar-refractivity contribution in [2.45, 2.75) is 13.5 Å². The Labute approximate surface area is 173 Å². The van der Waals surface area contributed by atoms with Gasteiger partial charge in [-0.05, 0) is 47.0 Å². The van der Waals surface area contributed by atoms with Gasteiger partial charge in [0.1, 0.15) is 12.4 Å². The summed E-state index contributed by atoms with van der Waals surface area (Å²) in [5.74, 6) is 1.38. The Kier molecular flexibility index (Phi) is 4.65. The molecule has 0 spiro atoms. The average Bonchev–Trinajstić information content (AvgIpc) is 3.33. The summed E-state index contributed by atoms with van der Waals surface area (Å²) >= 11 is 0. The number of hydrogen-bond donors (Lipinski definition) is 1. The second-order valence-electron chi connectivity index (χ2n) is 7.05. The SMILES string of the molecule is Cc1cc(OCc2ccc(-c3ccccc3)c(-c3nn[nH]n3)c2)c2ccccc2n1. The van der Waals surface area contributed by atoms with E-state index in [0.29, 0.717) is 12.4 Å². The van der Waals surface area contributed by atoms with Gasteiger partial charge in [0.2, 0.25) is 5.82 Å². The molecule has 2 heterocycles. The Morgan fingerprint density at radius 3 is 2.53 bits per heavy atom. The van der Waals surface area contributed by atoms with Gasteiger partial charge in [0.25, 0.3) is 0 Å². The first-order chi connectivity index (χ1) is 14.8. The van der Waals surface area contributed by atoms with Crippen LogP contribution in [0, 0.1) is 6.92 Å². The second kappa shape index (κ2) is 7.75. The van der Waals surface area contributed by atoms with Crippen LogP contribution in [0.3, 0.4) is 0 Å². The van der Waals surface area contributed by atoms with Crippen molar-refractivity contribution in [1.82, 2.24) is 25.6 Å². The molecule has 3 aromatic carbocycles. The zero-order valence-electron chi connectivity index (χ0n) is 16.4. The summed E-state index contributed by atoms with van der Waals surface area (Å²) in [6, 6.07) is 26.4. The molecular weight excluding hydrogens is 374 g/mol. The number of ether oxygens (including phenoxy) is 1. The maximum absolute atomic E-state index is 6.20. The van der Waals surface area contributed by atoms with Crippen molar-refractivity contribution >= 4 is 10.9 Å². The molecule has 0 aliphatic carbocycles. The van der Waals surface area contributed by atoms with E-state index in [-0.39, 0.29) is 0 Å². The summed E-state index contributed by atoms with van der Waals surface area (Å²) in [7, 11) is 0. The van der Waals surface area contributed by atoms with Crippen LogP contribution in [0.1, 0.15) is 11.3 Å². The minimum absolute atomic E-state index is 0.424. The highest BCUT2D eigenvalue weighted by Gasteiger charge is 2.13. The van der Waals surface area contributed by atoms with Crippen LogP contribution < -0.4 is 4.74 Å². The van der Waals surface area contributed by atoms with Crippen LogP contribution >= 0.6 is 0 Å². The number of tetrazole rings is 1. The predicted octanol–water partition coefficient (Wildman–Crippen LogP) is 4.97. The van der Waals surface area contributed by atoms with Crippen LogP contribution in [0.4, 0.5) is 0 Å². The smallest absolute Gasteiger partial charge is 0.205 e. The van der Waals surface area contributed by atoms with Crippen LogP contribution in [0.15, 0.2) is 78.9 Å². The minimum Gasteiger partial charge on any atom is -0.488 e. The number of rotatable bonds is 5. The fourth-order valence-electron chi connectivity index (χ4n) is 3.56. The molecule has 0 aliphatic rings. The van der Waals surface area contributed by atoms with Crippen LogP contribution in [0.25, 0.3) is 33.4 Å². The molecule has 5 aromatic rings. The van der Waals surface area contributed by atoms with Gasteiger partial charge in [0, 0.05) is 22.7 Å². The standard InChI is InChI=1S/C24H19N5O/c1-16-13-23(20-9-5-6-10-22(20)25-16)30-15-17-11-12-19(18-7-3-2-4-8-18)21(14-17)24-26-28-29-27-24/h2-14H,15H2,1H3,(H,26,27,28,29). The molecule has 6 nitrogen and oxygen atoms in total. The van der Waals surface area contributed by atoms with Crippen molar-refractivity contribution in [1.29, 1.82) is 0 Å². The summed E-state index contributed by atoms with van der Waals surface area (Å²) in [5, 5.41) is 15.6. The van der Waals surface area contributed by atoms with E-state index in [9.17, 15) is 0 Å². The van der Waals surface area contributed by atoms with Crippen LogP contribution in [-0.4, -0.2) is 25.6 Å². The first-order valence-corrected chi connectivity index (χ1v) is 9.69. The lowest BCUT2D eigenvalue weighted by Gasteiger charge is -2.13. The number of hydrogen-bond acceptors (Lipinski definition) is 5. The third-order valence-electron chi connectivity index (χ3n) is 4.96. The molecule has 0 saturated heterocycles. The van der Waals surface area contributed by atoms with Gasteiger partial charge >= 0.3 is 0 Å². The molecule has 2 aromatic heterocycles. The van der Waals surface area contributed by atoms with E-state index in [1.807, 2.05) is 55.5 Å². The molecule has 1 N–H and O–H groups in total. The lowest BCUT2D eigenvalue weighted by Crippen LogP contribution is -1.99. The van der Waals surface area contributed by atoms with Crippen molar-refractivity contribution in [2.24, 2.45) is 0 Å². The van der Waals surface area contributed by atoms with Crippen molar-refractivity contribution in [3.63, 3.8) is 0 Å². The maximum atomic E-state index is 6.20. The number of pyridine rings is 1. The monoisotopic (exact) mass is 393 g/mol. The van der Waals surface area contributed by atoms with Gasteiger partial charge in [0.15, 0.2) is 0 Å². The Morgan fingerprint density at radius 1 is 0.867 bits per heavy atom. The van der Waals surface area contributed by atoms with Crippen LogP contribution in [0.5, 0.6) is 5.75 Å². The van der Waals surface area contributed by atoms with Gasteiger partial charge in [-0.15, -0.1) is 10.2 Å². The second-order valence-corrected chi connectivity index (χ2v) is 7.05. The van der Waals surface area contributed by atoms with Crippen molar-refractivity contribution < 1.29 is 4.74 Å². The molecule has 30 heavy (non-hydrogen) atoms. The number of nitrogens with zero attached hydrogens (tertiary/aromatic N) is 4. The Morgan fingerprint density at radius 2 is 1.70 bits per heavy atom. The van der Waals surface area contributed by atoms with Gasteiger partial charge in [-0.1, -0.05) is 54.6 Å². The summed E-state index contributed by atoms with van der Waals surface area (Å²) in [6.45, 7) is 2.40. The number of aromatic nitrogens is 5. The molecule has 0 amide bonds. The first-order valence-electron chi connectivity index (χ1n) is 9.69. The Hall–Kier alpha value is -4.06. The molecule has 5 rings (SSSR count). The fourth-order valence-corrected chi connectivity index (χ4v) is 3.56. The Balaban J connectivity index is 1.50. The fraction of sp³-hybridized carbons (Fsp3) is 0.0833. The molecule has 146 valence electrons. The number of nitrogens with one attached hydrogen (secondary N) is 1. The quantitative estimate of drug-likeness (QED) is 0.456. The summed E-state index contributed by atoms with van der Waals surface area (Å²) in [6.07, 6.45) is 0. The van der Waals surface area contributed by atoms with E-state index in [4.69, 9.17) is 4.74 Å². The number of aromatic amines is 1. The zero-order valence-corrected chi connectivity index (χ0v) is 16.4. The first kappa shape index (κ1) is 18.0. The van der Waals surface area contributed by atoms with E-state index < -0.39 is 0 Å². The number of para-hydroxylation sites is 1. The Bertz CT molecular complexity index is 1300. The van der Waals surface area contributed by atoms with E-state index in [1.54, 1.807) is 0 Å². The van der Waals surface area contributed by atoms with Gasteiger partial charge in [-0.25, -0.2) is 0 Å². The topological polar surface area (TPSA) is 76.6 Å². The largest absolute Gasteiger partial charge is 0.488 e. The van der Waals surface area contributed by atoms with Crippen molar-refractivity contribution in [3.8, 4) is 28.3 Å². The van der Waals surface area contributed by atoms with E-state index in [1.165, 1.54) is 0 Å².